The van der Waals surface area contributed by atoms with E-state index in [2.05, 4.69) is 5.92 Å². The molecule has 1 saturated heterocycles. The highest BCUT2D eigenvalue weighted by molar-refractivity contribution is 5.89. The zero-order valence-electron chi connectivity index (χ0n) is 14.8. The molecule has 138 valence electrons. The molecule has 1 amide bonds. The van der Waals surface area contributed by atoms with Crippen molar-refractivity contribution in [1.82, 2.24) is 4.90 Å². The van der Waals surface area contributed by atoms with Crippen molar-refractivity contribution in [2.24, 2.45) is 0 Å². The van der Waals surface area contributed by atoms with E-state index in [1.165, 1.54) is 29.2 Å². The van der Waals surface area contributed by atoms with Crippen LogP contribution in [0.3, 0.4) is 0 Å². The summed E-state index contributed by atoms with van der Waals surface area (Å²) in [5, 5.41) is 10.7. The van der Waals surface area contributed by atoms with Crippen LogP contribution in [0.15, 0.2) is 24.3 Å². The molecular formula is C18H20N2O6. The Morgan fingerprint density at radius 3 is 2.42 bits per heavy atom. The number of hydrogen-bond donors (Lipinski definition) is 0. The third-order valence-electron chi connectivity index (χ3n) is 3.67. The number of terminal acetylenes is 1. The number of benzene rings is 1. The molecule has 0 aromatic heterocycles. The maximum atomic E-state index is 12.2. The first-order valence-corrected chi connectivity index (χ1v) is 8.02. The van der Waals surface area contributed by atoms with Crippen molar-refractivity contribution in [1.29, 1.82) is 0 Å². The standard InChI is InChI=1S/C18H20N2O6/c1-5-13-10-15(11-19(13)17(22)26-18(2,3)4)25-16(21)12-6-8-14(9-7-12)20(23)24/h1,6-9,13,15H,10-11H2,2-4H3/t13-,15+/m0/s1. The molecule has 1 aromatic rings. The molecule has 2 rings (SSSR count). The van der Waals surface area contributed by atoms with Gasteiger partial charge in [0.1, 0.15) is 11.7 Å². The van der Waals surface area contributed by atoms with E-state index in [0.717, 1.165) is 0 Å². The smallest absolute Gasteiger partial charge is 0.411 e. The number of rotatable bonds is 3. The summed E-state index contributed by atoms with van der Waals surface area (Å²) in [6.07, 6.45) is 4.63. The van der Waals surface area contributed by atoms with E-state index < -0.39 is 34.7 Å². The monoisotopic (exact) mass is 360 g/mol. The van der Waals surface area contributed by atoms with Crippen molar-refractivity contribution < 1.29 is 24.0 Å². The van der Waals surface area contributed by atoms with Crippen molar-refractivity contribution in [3.05, 3.63) is 39.9 Å². The molecule has 8 nitrogen and oxygen atoms in total. The van der Waals surface area contributed by atoms with Gasteiger partial charge >= 0.3 is 12.1 Å². The number of nitro benzene ring substituents is 1. The number of likely N-dealkylation sites (tertiary alicyclic amines) is 1. The van der Waals surface area contributed by atoms with Crippen LogP contribution in [0.5, 0.6) is 0 Å². The lowest BCUT2D eigenvalue weighted by molar-refractivity contribution is -0.384. The summed E-state index contributed by atoms with van der Waals surface area (Å²) in [7, 11) is 0. The average molecular weight is 360 g/mol. The third-order valence-corrected chi connectivity index (χ3v) is 3.67. The fourth-order valence-electron chi connectivity index (χ4n) is 2.50. The second-order valence-corrected chi connectivity index (χ2v) is 6.88. The van der Waals surface area contributed by atoms with E-state index in [1.807, 2.05) is 0 Å². The van der Waals surface area contributed by atoms with Crippen LogP contribution in [-0.4, -0.2) is 46.2 Å². The maximum absolute atomic E-state index is 12.2. The summed E-state index contributed by atoms with van der Waals surface area (Å²) in [5.74, 6) is 1.87. The molecule has 26 heavy (non-hydrogen) atoms. The van der Waals surface area contributed by atoms with Crippen LogP contribution in [0.25, 0.3) is 0 Å². The van der Waals surface area contributed by atoms with Gasteiger partial charge in [-0.3, -0.25) is 15.0 Å². The van der Waals surface area contributed by atoms with Crippen molar-refractivity contribution in [3.8, 4) is 12.3 Å². The van der Waals surface area contributed by atoms with Gasteiger partial charge in [0, 0.05) is 18.6 Å². The number of ether oxygens (including phenoxy) is 2. The van der Waals surface area contributed by atoms with Gasteiger partial charge in [0.15, 0.2) is 0 Å². The first-order valence-electron chi connectivity index (χ1n) is 8.02. The summed E-state index contributed by atoms with van der Waals surface area (Å²) in [5.41, 5.74) is -0.599. The van der Waals surface area contributed by atoms with Crippen molar-refractivity contribution >= 4 is 17.7 Å². The molecule has 8 heteroatoms. The van der Waals surface area contributed by atoms with E-state index in [0.29, 0.717) is 6.42 Å². The number of nitrogens with zero attached hydrogens (tertiary/aromatic N) is 2. The summed E-state index contributed by atoms with van der Waals surface area (Å²) in [6, 6.07) is 4.56. The number of hydrogen-bond acceptors (Lipinski definition) is 6. The van der Waals surface area contributed by atoms with Gasteiger partial charge in [-0.05, 0) is 32.9 Å². The van der Waals surface area contributed by atoms with Crippen molar-refractivity contribution in [2.75, 3.05) is 6.54 Å². The summed E-state index contributed by atoms with van der Waals surface area (Å²) < 4.78 is 10.7. The molecule has 0 saturated carbocycles. The highest BCUT2D eigenvalue weighted by Gasteiger charge is 2.38. The normalized spacial score (nSPS) is 19.5. The number of amides is 1. The summed E-state index contributed by atoms with van der Waals surface area (Å²) in [4.78, 5) is 35.9. The van der Waals surface area contributed by atoms with Gasteiger partial charge in [0.2, 0.25) is 0 Å². The minimum Gasteiger partial charge on any atom is -0.457 e. The Hall–Kier alpha value is -3.08. The van der Waals surface area contributed by atoms with Crippen LogP contribution >= 0.6 is 0 Å². The maximum Gasteiger partial charge on any atom is 0.411 e. The van der Waals surface area contributed by atoms with Crippen LogP contribution in [0.4, 0.5) is 10.5 Å². The Labute approximate surface area is 151 Å². The lowest BCUT2D eigenvalue weighted by Gasteiger charge is -2.26. The topological polar surface area (TPSA) is 99.0 Å². The Balaban J connectivity index is 2.02. The van der Waals surface area contributed by atoms with Crippen molar-refractivity contribution in [2.45, 2.75) is 44.9 Å². The minimum absolute atomic E-state index is 0.120. The number of nitro groups is 1. The van der Waals surface area contributed by atoms with Gasteiger partial charge in [-0.15, -0.1) is 6.42 Å². The van der Waals surface area contributed by atoms with Gasteiger partial charge in [-0.2, -0.15) is 0 Å². The van der Waals surface area contributed by atoms with Gasteiger partial charge in [-0.25, -0.2) is 9.59 Å². The lowest BCUT2D eigenvalue weighted by Crippen LogP contribution is -2.39. The molecule has 1 aliphatic heterocycles. The first kappa shape index (κ1) is 19.2. The molecular weight excluding hydrogens is 340 g/mol. The van der Waals surface area contributed by atoms with Crippen LogP contribution < -0.4 is 0 Å². The highest BCUT2D eigenvalue weighted by atomic mass is 16.6. The lowest BCUT2D eigenvalue weighted by atomic mass is 10.2. The Kier molecular flexibility index (Phi) is 5.50. The van der Waals surface area contributed by atoms with Gasteiger partial charge < -0.3 is 9.47 Å². The molecule has 1 fully saturated rings. The van der Waals surface area contributed by atoms with Crippen LogP contribution in [0.1, 0.15) is 37.6 Å². The third kappa shape index (κ3) is 4.72. The molecule has 1 aliphatic rings. The zero-order valence-corrected chi connectivity index (χ0v) is 14.8. The summed E-state index contributed by atoms with van der Waals surface area (Å²) >= 11 is 0. The SMILES string of the molecule is C#C[C@H]1C[C@@H](OC(=O)c2ccc([N+](=O)[O-])cc2)CN1C(=O)OC(C)(C)C. The van der Waals surface area contributed by atoms with Gasteiger partial charge in [-0.1, -0.05) is 5.92 Å². The quantitative estimate of drug-likeness (QED) is 0.356. The Morgan fingerprint density at radius 2 is 1.92 bits per heavy atom. The van der Waals surface area contributed by atoms with Gasteiger partial charge in [0.25, 0.3) is 5.69 Å². The second kappa shape index (κ2) is 7.44. The number of carbonyl (C=O) groups excluding carboxylic acids is 2. The number of carbonyl (C=O) groups is 2. The largest absolute Gasteiger partial charge is 0.457 e. The summed E-state index contributed by atoms with van der Waals surface area (Å²) in [6.45, 7) is 5.37. The van der Waals surface area contributed by atoms with E-state index >= 15 is 0 Å². The Bertz CT molecular complexity index is 744. The highest BCUT2D eigenvalue weighted by Crippen LogP contribution is 2.24. The predicted molar refractivity (Wildman–Crippen MR) is 92.5 cm³/mol. The predicted octanol–water partition coefficient (Wildman–Crippen LogP) is 2.76. The van der Waals surface area contributed by atoms with E-state index in [-0.39, 0.29) is 17.8 Å². The van der Waals surface area contributed by atoms with Crippen LogP contribution in [0, 0.1) is 22.5 Å². The van der Waals surface area contributed by atoms with Crippen LogP contribution in [-0.2, 0) is 9.47 Å². The fourth-order valence-corrected chi connectivity index (χ4v) is 2.50. The molecule has 0 aliphatic carbocycles. The molecule has 1 heterocycles. The molecule has 0 bridgehead atoms. The van der Waals surface area contributed by atoms with E-state index in [4.69, 9.17) is 15.9 Å². The molecule has 0 spiro atoms. The van der Waals surface area contributed by atoms with E-state index in [1.54, 1.807) is 20.8 Å². The molecule has 1 aromatic carbocycles. The van der Waals surface area contributed by atoms with Gasteiger partial charge in [0.05, 0.1) is 23.1 Å². The molecule has 0 N–H and O–H groups in total. The number of esters is 1. The fraction of sp³-hybridized carbons (Fsp3) is 0.444. The second-order valence-electron chi connectivity index (χ2n) is 6.88. The average Bonchev–Trinajstić information content (AvgIpc) is 2.96. The zero-order chi connectivity index (χ0) is 19.5. The molecule has 0 unspecified atom stereocenters. The Morgan fingerprint density at radius 1 is 1.31 bits per heavy atom. The first-order chi connectivity index (χ1) is 12.1. The van der Waals surface area contributed by atoms with Crippen molar-refractivity contribution in [3.63, 3.8) is 0 Å². The molecule has 2 atom stereocenters. The molecule has 0 radical (unpaired) electrons. The van der Waals surface area contributed by atoms with Crippen LogP contribution in [0.2, 0.25) is 0 Å². The number of non-ortho nitro benzene ring substituents is 1. The van der Waals surface area contributed by atoms with E-state index in [9.17, 15) is 19.7 Å². The minimum atomic E-state index is -0.663.